The Balaban J connectivity index is 2.01. The molecule has 112 valence electrons. The molecular formula is C17H29N3. The van der Waals surface area contributed by atoms with Crippen molar-refractivity contribution in [2.75, 3.05) is 18.9 Å². The molecule has 0 aliphatic heterocycles. The monoisotopic (exact) mass is 275 g/mol. The molecule has 0 unspecified atom stereocenters. The van der Waals surface area contributed by atoms with Crippen molar-refractivity contribution < 1.29 is 0 Å². The first-order valence-corrected chi connectivity index (χ1v) is 8.05. The summed E-state index contributed by atoms with van der Waals surface area (Å²) in [5.74, 6) is 1.75. The molecule has 3 nitrogen and oxygen atoms in total. The number of aromatic nitrogens is 1. The summed E-state index contributed by atoms with van der Waals surface area (Å²) in [7, 11) is 1.93. The molecule has 0 aromatic carbocycles. The van der Waals surface area contributed by atoms with Crippen LogP contribution in [0, 0.1) is 5.92 Å². The van der Waals surface area contributed by atoms with E-state index in [0.29, 0.717) is 0 Å². The van der Waals surface area contributed by atoms with E-state index in [4.69, 9.17) is 0 Å². The van der Waals surface area contributed by atoms with E-state index in [9.17, 15) is 0 Å². The number of pyridine rings is 1. The summed E-state index contributed by atoms with van der Waals surface area (Å²) in [5, 5.41) is 3.13. The second kappa shape index (κ2) is 7.63. The third kappa shape index (κ3) is 4.48. The zero-order chi connectivity index (χ0) is 14.4. The molecule has 0 bridgehead atoms. The zero-order valence-corrected chi connectivity index (χ0v) is 13.2. The number of hydrogen-bond acceptors (Lipinski definition) is 3. The average Bonchev–Trinajstić information content (AvgIpc) is 2.97. The fourth-order valence-electron chi connectivity index (χ4n) is 3.03. The van der Waals surface area contributed by atoms with Crippen LogP contribution in [0.25, 0.3) is 0 Å². The first kappa shape index (κ1) is 15.3. The summed E-state index contributed by atoms with van der Waals surface area (Å²) in [6.45, 7) is 6.92. The summed E-state index contributed by atoms with van der Waals surface area (Å²) in [5.41, 5.74) is 1.38. The number of hydrogen-bond donors (Lipinski definition) is 1. The molecule has 1 aliphatic carbocycles. The van der Waals surface area contributed by atoms with Gasteiger partial charge in [-0.3, -0.25) is 4.90 Å². The lowest BCUT2D eigenvalue weighted by atomic mass is 10.1. The fourth-order valence-corrected chi connectivity index (χ4v) is 3.03. The van der Waals surface area contributed by atoms with Gasteiger partial charge in [-0.25, -0.2) is 4.98 Å². The van der Waals surface area contributed by atoms with Gasteiger partial charge in [-0.05, 0) is 49.4 Å². The maximum Gasteiger partial charge on any atom is 0.125 e. The van der Waals surface area contributed by atoms with Gasteiger partial charge < -0.3 is 5.32 Å². The first-order valence-electron chi connectivity index (χ1n) is 8.05. The highest BCUT2D eigenvalue weighted by molar-refractivity contribution is 5.36. The van der Waals surface area contributed by atoms with E-state index in [1.807, 2.05) is 13.2 Å². The Morgan fingerprint density at radius 1 is 1.35 bits per heavy atom. The van der Waals surface area contributed by atoms with Crippen LogP contribution in [-0.4, -0.2) is 29.5 Å². The summed E-state index contributed by atoms with van der Waals surface area (Å²) in [6.07, 6.45) is 8.77. The van der Waals surface area contributed by atoms with Crippen LogP contribution in [0.3, 0.4) is 0 Å². The number of nitrogens with zero attached hydrogens (tertiary/aromatic N) is 2. The smallest absolute Gasteiger partial charge is 0.125 e. The second-order valence-corrected chi connectivity index (χ2v) is 6.39. The van der Waals surface area contributed by atoms with E-state index in [2.05, 4.69) is 41.2 Å². The van der Waals surface area contributed by atoms with Gasteiger partial charge in [0.05, 0.1) is 0 Å². The van der Waals surface area contributed by atoms with Crippen molar-refractivity contribution in [2.45, 2.75) is 58.5 Å². The Bertz CT molecular complexity index is 397. The van der Waals surface area contributed by atoms with E-state index in [0.717, 1.165) is 24.3 Å². The minimum absolute atomic E-state index is 0.782. The molecule has 0 radical (unpaired) electrons. The van der Waals surface area contributed by atoms with Gasteiger partial charge in [-0.15, -0.1) is 0 Å². The second-order valence-electron chi connectivity index (χ2n) is 6.39. The van der Waals surface area contributed by atoms with Crippen LogP contribution in [0.1, 0.15) is 51.5 Å². The summed E-state index contributed by atoms with van der Waals surface area (Å²) in [6, 6.07) is 5.12. The van der Waals surface area contributed by atoms with E-state index in [1.165, 1.54) is 44.2 Å². The quantitative estimate of drug-likeness (QED) is 0.817. The SMILES string of the molecule is CNc1cc(CN(CCC(C)C)C2CCCC2)ccn1. The molecule has 1 heterocycles. The highest BCUT2D eigenvalue weighted by Gasteiger charge is 2.22. The van der Waals surface area contributed by atoms with E-state index < -0.39 is 0 Å². The largest absolute Gasteiger partial charge is 0.373 e. The zero-order valence-electron chi connectivity index (χ0n) is 13.2. The van der Waals surface area contributed by atoms with Crippen molar-refractivity contribution in [1.29, 1.82) is 0 Å². The molecule has 1 aromatic rings. The lowest BCUT2D eigenvalue weighted by Gasteiger charge is -2.29. The van der Waals surface area contributed by atoms with Crippen molar-refractivity contribution in [1.82, 2.24) is 9.88 Å². The molecule has 20 heavy (non-hydrogen) atoms. The lowest BCUT2D eigenvalue weighted by Crippen LogP contribution is -2.34. The summed E-state index contributed by atoms with van der Waals surface area (Å²) in [4.78, 5) is 7.00. The summed E-state index contributed by atoms with van der Waals surface area (Å²) < 4.78 is 0. The molecule has 0 amide bonds. The normalized spacial score (nSPS) is 16.2. The van der Waals surface area contributed by atoms with E-state index >= 15 is 0 Å². The minimum atomic E-state index is 0.782. The van der Waals surface area contributed by atoms with Crippen molar-refractivity contribution in [3.05, 3.63) is 23.9 Å². The molecule has 0 spiro atoms. The van der Waals surface area contributed by atoms with Crippen LogP contribution in [-0.2, 0) is 6.54 Å². The van der Waals surface area contributed by atoms with Gasteiger partial charge in [0.25, 0.3) is 0 Å². The Labute approximate surface area is 123 Å². The van der Waals surface area contributed by atoms with Crippen LogP contribution in [0.4, 0.5) is 5.82 Å². The number of nitrogens with one attached hydrogen (secondary N) is 1. The van der Waals surface area contributed by atoms with Crippen molar-refractivity contribution >= 4 is 5.82 Å². The van der Waals surface area contributed by atoms with E-state index in [-0.39, 0.29) is 0 Å². The third-order valence-corrected chi connectivity index (χ3v) is 4.30. The van der Waals surface area contributed by atoms with Crippen molar-refractivity contribution in [2.24, 2.45) is 5.92 Å². The maximum atomic E-state index is 4.31. The van der Waals surface area contributed by atoms with Crippen LogP contribution < -0.4 is 5.32 Å². The van der Waals surface area contributed by atoms with Gasteiger partial charge in [-0.1, -0.05) is 26.7 Å². The van der Waals surface area contributed by atoms with Gasteiger partial charge in [0.1, 0.15) is 5.82 Å². The minimum Gasteiger partial charge on any atom is -0.373 e. The molecule has 0 saturated heterocycles. The first-order chi connectivity index (χ1) is 9.69. The van der Waals surface area contributed by atoms with Crippen LogP contribution in [0.5, 0.6) is 0 Å². The van der Waals surface area contributed by atoms with Crippen LogP contribution >= 0.6 is 0 Å². The molecule has 1 aliphatic rings. The predicted octanol–water partition coefficient (Wildman–Crippen LogP) is 3.91. The van der Waals surface area contributed by atoms with E-state index in [1.54, 1.807) is 0 Å². The molecule has 1 aromatic heterocycles. The molecular weight excluding hydrogens is 246 g/mol. The molecule has 2 rings (SSSR count). The van der Waals surface area contributed by atoms with Gasteiger partial charge in [0, 0.05) is 25.8 Å². The average molecular weight is 275 g/mol. The topological polar surface area (TPSA) is 28.2 Å². The standard InChI is InChI=1S/C17H29N3/c1-14(2)9-11-20(16-6-4-5-7-16)13-15-8-10-19-17(12-15)18-3/h8,10,12,14,16H,4-7,9,11,13H2,1-3H3,(H,18,19). The number of rotatable bonds is 7. The maximum absolute atomic E-state index is 4.31. The van der Waals surface area contributed by atoms with Crippen molar-refractivity contribution in [3.8, 4) is 0 Å². The van der Waals surface area contributed by atoms with Crippen LogP contribution in [0.15, 0.2) is 18.3 Å². The van der Waals surface area contributed by atoms with Gasteiger partial charge in [-0.2, -0.15) is 0 Å². The fraction of sp³-hybridized carbons (Fsp3) is 0.706. The van der Waals surface area contributed by atoms with Crippen LogP contribution in [0.2, 0.25) is 0 Å². The van der Waals surface area contributed by atoms with Gasteiger partial charge >= 0.3 is 0 Å². The highest BCUT2D eigenvalue weighted by Crippen LogP contribution is 2.26. The Morgan fingerprint density at radius 3 is 2.75 bits per heavy atom. The third-order valence-electron chi connectivity index (χ3n) is 4.30. The molecule has 3 heteroatoms. The Hall–Kier alpha value is -1.09. The predicted molar refractivity (Wildman–Crippen MR) is 85.9 cm³/mol. The van der Waals surface area contributed by atoms with Crippen molar-refractivity contribution in [3.63, 3.8) is 0 Å². The summed E-state index contributed by atoms with van der Waals surface area (Å²) >= 11 is 0. The highest BCUT2D eigenvalue weighted by atomic mass is 15.2. The van der Waals surface area contributed by atoms with Gasteiger partial charge in [0.15, 0.2) is 0 Å². The number of anilines is 1. The molecule has 0 atom stereocenters. The lowest BCUT2D eigenvalue weighted by molar-refractivity contribution is 0.179. The molecule has 1 saturated carbocycles. The Morgan fingerprint density at radius 2 is 2.10 bits per heavy atom. The van der Waals surface area contributed by atoms with Gasteiger partial charge in [0.2, 0.25) is 0 Å². The Kier molecular flexibility index (Phi) is 5.84. The molecule has 1 fully saturated rings. The molecule has 1 N–H and O–H groups in total.